The topological polar surface area (TPSA) is 91.8 Å². The van der Waals surface area contributed by atoms with E-state index in [0.717, 1.165) is 17.0 Å². The SMILES string of the molecule is COc1ccc(NC2=NC(CC(=O)NCc3ccccc3)C(=O)N2)cc1. The number of anilines is 1. The van der Waals surface area contributed by atoms with Gasteiger partial charge >= 0.3 is 0 Å². The zero-order valence-electron chi connectivity index (χ0n) is 14.4. The number of hydrogen-bond donors (Lipinski definition) is 3. The monoisotopic (exact) mass is 352 g/mol. The fraction of sp³-hybridized carbons (Fsp3) is 0.211. The van der Waals surface area contributed by atoms with Crippen molar-refractivity contribution in [2.45, 2.75) is 19.0 Å². The van der Waals surface area contributed by atoms with Gasteiger partial charge < -0.3 is 15.4 Å². The lowest BCUT2D eigenvalue weighted by Gasteiger charge is -2.06. The van der Waals surface area contributed by atoms with Gasteiger partial charge in [-0.15, -0.1) is 0 Å². The summed E-state index contributed by atoms with van der Waals surface area (Å²) in [6.07, 6.45) is 0.00641. The van der Waals surface area contributed by atoms with E-state index in [1.54, 1.807) is 19.2 Å². The highest BCUT2D eigenvalue weighted by Crippen LogP contribution is 2.16. The molecule has 1 heterocycles. The highest BCUT2D eigenvalue weighted by atomic mass is 16.5. The van der Waals surface area contributed by atoms with Crippen LogP contribution in [-0.4, -0.2) is 30.9 Å². The fourth-order valence-corrected chi connectivity index (χ4v) is 2.50. The molecule has 0 aromatic heterocycles. The fourth-order valence-electron chi connectivity index (χ4n) is 2.50. The first kappa shape index (κ1) is 17.5. The Balaban J connectivity index is 1.52. The predicted octanol–water partition coefficient (Wildman–Crippen LogP) is 1.67. The van der Waals surface area contributed by atoms with Gasteiger partial charge in [-0.1, -0.05) is 30.3 Å². The molecule has 1 atom stereocenters. The lowest BCUT2D eigenvalue weighted by molar-refractivity contribution is -0.126. The molecule has 134 valence electrons. The van der Waals surface area contributed by atoms with Gasteiger partial charge in [0.15, 0.2) is 0 Å². The summed E-state index contributed by atoms with van der Waals surface area (Å²) in [6, 6.07) is 16.1. The van der Waals surface area contributed by atoms with Crippen molar-refractivity contribution in [3.8, 4) is 5.75 Å². The Morgan fingerprint density at radius 1 is 1.15 bits per heavy atom. The molecule has 0 spiro atoms. The number of guanidine groups is 1. The van der Waals surface area contributed by atoms with E-state index in [1.165, 1.54) is 0 Å². The Labute approximate surface area is 151 Å². The van der Waals surface area contributed by atoms with Gasteiger partial charge in [0.2, 0.25) is 11.9 Å². The third-order valence-electron chi connectivity index (χ3n) is 3.89. The second-order valence-corrected chi connectivity index (χ2v) is 5.80. The van der Waals surface area contributed by atoms with Crippen LogP contribution in [0.3, 0.4) is 0 Å². The number of nitrogens with one attached hydrogen (secondary N) is 3. The zero-order valence-corrected chi connectivity index (χ0v) is 14.4. The van der Waals surface area contributed by atoms with Crippen LogP contribution in [0.4, 0.5) is 5.69 Å². The lowest BCUT2D eigenvalue weighted by atomic mass is 10.2. The molecule has 1 aliphatic heterocycles. The molecule has 0 bridgehead atoms. The van der Waals surface area contributed by atoms with Gasteiger partial charge in [-0.3, -0.25) is 14.9 Å². The molecular weight excluding hydrogens is 332 g/mol. The second-order valence-electron chi connectivity index (χ2n) is 5.80. The maximum absolute atomic E-state index is 12.1. The second kappa shape index (κ2) is 8.15. The average Bonchev–Trinajstić information content (AvgIpc) is 3.00. The minimum absolute atomic E-state index is 0.00641. The quantitative estimate of drug-likeness (QED) is 0.737. The van der Waals surface area contributed by atoms with Crippen LogP contribution < -0.4 is 20.7 Å². The smallest absolute Gasteiger partial charge is 0.252 e. The molecule has 1 aliphatic rings. The molecule has 2 aromatic carbocycles. The average molecular weight is 352 g/mol. The van der Waals surface area contributed by atoms with E-state index in [0.29, 0.717) is 12.5 Å². The zero-order chi connectivity index (χ0) is 18.4. The molecule has 1 unspecified atom stereocenters. The van der Waals surface area contributed by atoms with Crippen LogP contribution in [-0.2, 0) is 16.1 Å². The Morgan fingerprint density at radius 2 is 1.88 bits per heavy atom. The standard InChI is InChI=1S/C19H20N4O3/c1-26-15-9-7-14(8-10-15)21-19-22-16(18(25)23-19)11-17(24)20-12-13-5-3-2-4-6-13/h2-10,16H,11-12H2,1H3,(H,20,24)(H2,21,22,23,25). The Bertz CT molecular complexity index is 803. The number of aliphatic imine (C=N–C) groups is 1. The highest BCUT2D eigenvalue weighted by Gasteiger charge is 2.28. The largest absolute Gasteiger partial charge is 0.497 e. The molecule has 0 aliphatic carbocycles. The molecule has 7 nitrogen and oxygen atoms in total. The molecule has 0 saturated carbocycles. The number of rotatable bonds is 6. The first-order valence-corrected chi connectivity index (χ1v) is 8.24. The molecule has 2 aromatic rings. The number of amides is 2. The summed E-state index contributed by atoms with van der Waals surface area (Å²) in [6.45, 7) is 0.425. The van der Waals surface area contributed by atoms with Crippen LogP contribution in [0.2, 0.25) is 0 Å². The first-order chi connectivity index (χ1) is 12.6. The Kier molecular flexibility index (Phi) is 5.48. The van der Waals surface area contributed by atoms with E-state index in [-0.39, 0.29) is 18.2 Å². The Morgan fingerprint density at radius 3 is 2.58 bits per heavy atom. The van der Waals surface area contributed by atoms with Gasteiger partial charge in [-0.2, -0.15) is 0 Å². The van der Waals surface area contributed by atoms with Crippen molar-refractivity contribution in [1.82, 2.24) is 10.6 Å². The van der Waals surface area contributed by atoms with Gasteiger partial charge in [-0.05, 0) is 29.8 Å². The third kappa shape index (κ3) is 4.60. The molecule has 0 saturated heterocycles. The summed E-state index contributed by atoms with van der Waals surface area (Å²) in [5.74, 6) is 0.557. The summed E-state index contributed by atoms with van der Waals surface area (Å²) in [7, 11) is 1.59. The summed E-state index contributed by atoms with van der Waals surface area (Å²) < 4.78 is 5.10. The molecular formula is C19H20N4O3. The van der Waals surface area contributed by atoms with Crippen LogP contribution in [0, 0.1) is 0 Å². The lowest BCUT2D eigenvalue weighted by Crippen LogP contribution is -2.35. The number of hydrogen-bond acceptors (Lipinski definition) is 5. The van der Waals surface area contributed by atoms with Crippen molar-refractivity contribution in [3.63, 3.8) is 0 Å². The Hall–Kier alpha value is -3.35. The minimum atomic E-state index is -0.730. The number of nitrogens with zero attached hydrogens (tertiary/aromatic N) is 1. The van der Waals surface area contributed by atoms with E-state index in [4.69, 9.17) is 4.74 Å². The summed E-state index contributed by atoms with van der Waals surface area (Å²) in [5, 5.41) is 8.46. The van der Waals surface area contributed by atoms with Gasteiger partial charge in [0.1, 0.15) is 11.8 Å². The summed E-state index contributed by atoms with van der Waals surface area (Å²) in [5.41, 5.74) is 1.76. The molecule has 2 amide bonds. The maximum Gasteiger partial charge on any atom is 0.252 e. The van der Waals surface area contributed by atoms with E-state index < -0.39 is 6.04 Å². The van der Waals surface area contributed by atoms with Gasteiger partial charge in [0.05, 0.1) is 13.5 Å². The van der Waals surface area contributed by atoms with Crippen LogP contribution >= 0.6 is 0 Å². The highest BCUT2D eigenvalue weighted by molar-refractivity contribution is 6.11. The third-order valence-corrected chi connectivity index (χ3v) is 3.89. The summed E-state index contributed by atoms with van der Waals surface area (Å²) in [4.78, 5) is 28.3. The van der Waals surface area contributed by atoms with Crippen molar-refractivity contribution in [2.75, 3.05) is 12.4 Å². The van der Waals surface area contributed by atoms with Gasteiger partial charge in [0.25, 0.3) is 5.91 Å². The van der Waals surface area contributed by atoms with Crippen LogP contribution in [0.25, 0.3) is 0 Å². The van der Waals surface area contributed by atoms with Crippen molar-refractivity contribution in [1.29, 1.82) is 0 Å². The van der Waals surface area contributed by atoms with E-state index >= 15 is 0 Å². The van der Waals surface area contributed by atoms with Crippen LogP contribution in [0.15, 0.2) is 59.6 Å². The molecule has 7 heteroatoms. The summed E-state index contributed by atoms with van der Waals surface area (Å²) >= 11 is 0. The normalized spacial score (nSPS) is 15.8. The number of methoxy groups -OCH3 is 1. The van der Waals surface area contributed by atoms with E-state index in [2.05, 4.69) is 20.9 Å². The predicted molar refractivity (Wildman–Crippen MR) is 98.9 cm³/mol. The molecule has 3 N–H and O–H groups in total. The first-order valence-electron chi connectivity index (χ1n) is 8.24. The molecule has 3 rings (SSSR count). The van der Waals surface area contributed by atoms with E-state index in [9.17, 15) is 9.59 Å². The number of carbonyl (C=O) groups is 2. The van der Waals surface area contributed by atoms with Gasteiger partial charge in [-0.25, -0.2) is 4.99 Å². The molecule has 26 heavy (non-hydrogen) atoms. The minimum Gasteiger partial charge on any atom is -0.497 e. The van der Waals surface area contributed by atoms with Gasteiger partial charge in [0, 0.05) is 12.2 Å². The number of ether oxygens (including phenoxy) is 1. The molecule has 0 radical (unpaired) electrons. The van der Waals surface area contributed by atoms with E-state index in [1.807, 2.05) is 42.5 Å². The van der Waals surface area contributed by atoms with Crippen LogP contribution in [0.5, 0.6) is 5.75 Å². The van der Waals surface area contributed by atoms with Crippen molar-refractivity contribution < 1.29 is 14.3 Å². The van der Waals surface area contributed by atoms with Crippen molar-refractivity contribution in [3.05, 3.63) is 60.2 Å². The molecule has 0 fully saturated rings. The number of carbonyl (C=O) groups excluding carboxylic acids is 2. The number of benzene rings is 2. The van der Waals surface area contributed by atoms with Crippen LogP contribution in [0.1, 0.15) is 12.0 Å². The van der Waals surface area contributed by atoms with Crippen molar-refractivity contribution in [2.24, 2.45) is 4.99 Å². The maximum atomic E-state index is 12.1. The van der Waals surface area contributed by atoms with Crippen molar-refractivity contribution >= 4 is 23.5 Å².